The van der Waals surface area contributed by atoms with Crippen molar-refractivity contribution in [2.45, 2.75) is 146 Å². The van der Waals surface area contributed by atoms with Crippen LogP contribution in [-0.4, -0.2) is 34.0 Å². The van der Waals surface area contributed by atoms with Crippen molar-refractivity contribution < 1.29 is 0 Å². The summed E-state index contributed by atoms with van der Waals surface area (Å²) in [5.41, 5.74) is 5.14. The van der Waals surface area contributed by atoms with Crippen molar-refractivity contribution in [2.75, 3.05) is 0 Å². The monoisotopic (exact) mass is 669 g/mol. The first-order chi connectivity index (χ1) is 24.8. The Morgan fingerprint density at radius 3 is 1.78 bits per heavy atom. The topological polar surface area (TPSA) is 6.48 Å². The van der Waals surface area contributed by atoms with Crippen LogP contribution in [-0.2, 0) is 0 Å². The van der Waals surface area contributed by atoms with Gasteiger partial charge < -0.3 is 9.80 Å². The zero-order valence-electron chi connectivity index (χ0n) is 30.8. The highest BCUT2D eigenvalue weighted by Gasteiger charge is 2.53. The molecule has 0 aromatic heterocycles. The Hall–Kier alpha value is -2.48. The maximum absolute atomic E-state index is 3.12. The normalized spacial score (nSPS) is 43.9. The first-order valence-electron chi connectivity index (χ1n) is 21.8. The van der Waals surface area contributed by atoms with E-state index in [0.29, 0.717) is 53.6 Å². The average Bonchev–Trinajstić information content (AvgIpc) is 3.71. The van der Waals surface area contributed by atoms with Gasteiger partial charge in [0.25, 0.3) is 0 Å². The minimum atomic E-state index is 0.636. The van der Waals surface area contributed by atoms with Crippen LogP contribution in [0.5, 0.6) is 0 Å². The maximum Gasteiger partial charge on any atom is 0.0365 e. The van der Waals surface area contributed by atoms with Gasteiger partial charge in [-0.15, -0.1) is 0 Å². The van der Waals surface area contributed by atoms with Crippen molar-refractivity contribution in [3.05, 3.63) is 96.0 Å². The molecule has 2 aliphatic heterocycles. The second-order valence-electron chi connectivity index (χ2n) is 18.4. The second kappa shape index (κ2) is 13.8. The SMILES string of the molecule is C1=C[C@H](C2=CC(C3CCCCC3)CC(N3C4CCC=CC4C4C=CC(C5C=CC6C7C=CCCC7N(C7=CCCCC7)C6C5)CC43)=C2)CCC1. The van der Waals surface area contributed by atoms with Crippen LogP contribution in [0.3, 0.4) is 0 Å². The highest BCUT2D eigenvalue weighted by atomic mass is 15.3. The van der Waals surface area contributed by atoms with E-state index in [9.17, 15) is 0 Å². The fourth-order valence-electron chi connectivity index (χ4n) is 13.5. The van der Waals surface area contributed by atoms with Gasteiger partial charge >= 0.3 is 0 Å². The zero-order valence-corrected chi connectivity index (χ0v) is 30.8. The molecule has 0 aromatic rings. The van der Waals surface area contributed by atoms with Crippen LogP contribution in [0.1, 0.15) is 122 Å². The Morgan fingerprint density at radius 1 is 0.480 bits per heavy atom. The van der Waals surface area contributed by atoms with Crippen molar-refractivity contribution in [1.82, 2.24) is 9.80 Å². The van der Waals surface area contributed by atoms with E-state index in [1.54, 1.807) is 17.0 Å². The van der Waals surface area contributed by atoms with Gasteiger partial charge in [-0.2, -0.15) is 0 Å². The molecule has 10 aliphatic rings. The highest BCUT2D eigenvalue weighted by molar-refractivity contribution is 5.37. The zero-order chi connectivity index (χ0) is 33.0. The van der Waals surface area contributed by atoms with Crippen molar-refractivity contribution in [1.29, 1.82) is 0 Å². The third-order valence-electron chi connectivity index (χ3n) is 15.9. The summed E-state index contributed by atoms with van der Waals surface area (Å²) in [6.45, 7) is 0. The smallest absolute Gasteiger partial charge is 0.0365 e. The summed E-state index contributed by atoms with van der Waals surface area (Å²) in [4.78, 5) is 6.14. The van der Waals surface area contributed by atoms with Crippen molar-refractivity contribution in [2.24, 2.45) is 53.3 Å². The van der Waals surface area contributed by atoms with Crippen LogP contribution in [0.25, 0.3) is 0 Å². The summed E-state index contributed by atoms with van der Waals surface area (Å²) in [7, 11) is 0. The molecule has 50 heavy (non-hydrogen) atoms. The van der Waals surface area contributed by atoms with E-state index in [0.717, 1.165) is 23.8 Å². The fourth-order valence-corrected chi connectivity index (χ4v) is 13.5. The molecule has 0 bridgehead atoms. The number of nitrogens with zero attached hydrogens (tertiary/aromatic N) is 2. The molecule has 0 aromatic carbocycles. The van der Waals surface area contributed by atoms with Crippen LogP contribution < -0.4 is 0 Å². The Morgan fingerprint density at radius 2 is 1.14 bits per heavy atom. The first-order valence-corrected chi connectivity index (χ1v) is 21.8. The molecule has 266 valence electrons. The van der Waals surface area contributed by atoms with Gasteiger partial charge in [0.2, 0.25) is 0 Å². The van der Waals surface area contributed by atoms with Gasteiger partial charge in [-0.1, -0.05) is 92.2 Å². The molecule has 2 heterocycles. The van der Waals surface area contributed by atoms with Gasteiger partial charge in [-0.05, 0) is 138 Å². The summed E-state index contributed by atoms with van der Waals surface area (Å²) in [5.74, 6) is 6.39. The molecule has 2 nitrogen and oxygen atoms in total. The lowest BCUT2D eigenvalue weighted by atomic mass is 9.69. The minimum Gasteiger partial charge on any atom is -0.368 e. The van der Waals surface area contributed by atoms with Gasteiger partial charge in [-0.25, -0.2) is 0 Å². The van der Waals surface area contributed by atoms with E-state index in [2.05, 4.69) is 88.8 Å². The summed E-state index contributed by atoms with van der Waals surface area (Å²) in [6, 6.07) is 2.75. The molecular weight excluding hydrogens is 605 g/mol. The van der Waals surface area contributed by atoms with Crippen LogP contribution in [0, 0.1) is 53.3 Å². The van der Waals surface area contributed by atoms with E-state index < -0.39 is 0 Å². The molecule has 11 unspecified atom stereocenters. The van der Waals surface area contributed by atoms with Crippen LogP contribution >= 0.6 is 0 Å². The standard InChI is InChI=1S/C48H64N2/c1-4-14-33(15-5-1)37-28-38(34-16-6-2-7-17-34)30-40(29-37)50-46-23-13-11-21-42(46)44-27-25-36(32-48(44)50)35-24-26-43-41-20-10-12-22-45(41)49(47(43)31-35)39-18-8-3-9-19-39/h4,10-11,14,18,20-21,24-29,33-36,38,41-48H,1-3,5-9,12-13,15-17,19,22-23,30-32H2/t33-,35?,36?,38?,41?,42?,43?,44?,45?,46?,47?,48?/m0/s1. The number of hydrogen-bond donors (Lipinski definition) is 0. The van der Waals surface area contributed by atoms with Crippen molar-refractivity contribution in [3.8, 4) is 0 Å². The van der Waals surface area contributed by atoms with E-state index in [1.165, 1.54) is 122 Å². The first kappa shape index (κ1) is 32.2. The van der Waals surface area contributed by atoms with E-state index in [4.69, 9.17) is 0 Å². The molecule has 2 saturated heterocycles. The average molecular weight is 669 g/mol. The predicted molar refractivity (Wildman–Crippen MR) is 208 cm³/mol. The lowest BCUT2D eigenvalue weighted by Gasteiger charge is -2.44. The molecular formula is C48H64N2. The molecule has 1 saturated carbocycles. The van der Waals surface area contributed by atoms with E-state index in [-0.39, 0.29) is 0 Å². The Balaban J connectivity index is 0.950. The van der Waals surface area contributed by atoms with Crippen LogP contribution in [0.15, 0.2) is 96.0 Å². The lowest BCUT2D eigenvalue weighted by Crippen LogP contribution is -2.43. The van der Waals surface area contributed by atoms with Gasteiger partial charge in [0.15, 0.2) is 0 Å². The predicted octanol–water partition coefficient (Wildman–Crippen LogP) is 11.6. The Labute approximate surface area is 304 Å². The van der Waals surface area contributed by atoms with E-state index in [1.807, 2.05) is 0 Å². The van der Waals surface area contributed by atoms with Gasteiger partial charge in [0, 0.05) is 65.2 Å². The highest BCUT2D eigenvalue weighted by Crippen LogP contribution is 2.54. The molecule has 0 N–H and O–H groups in total. The Kier molecular flexibility index (Phi) is 8.90. The summed E-state index contributed by atoms with van der Waals surface area (Å²) in [6.07, 6.45) is 60.4. The molecule has 3 fully saturated rings. The lowest BCUT2D eigenvalue weighted by molar-refractivity contribution is 0.152. The molecule has 12 atom stereocenters. The molecule has 8 aliphatic carbocycles. The van der Waals surface area contributed by atoms with E-state index >= 15 is 0 Å². The molecule has 0 amide bonds. The maximum atomic E-state index is 3.12. The molecule has 2 heteroatoms. The second-order valence-corrected chi connectivity index (χ2v) is 18.4. The largest absolute Gasteiger partial charge is 0.368 e. The number of allylic oxidation sites excluding steroid dienone is 12. The van der Waals surface area contributed by atoms with Crippen molar-refractivity contribution >= 4 is 0 Å². The van der Waals surface area contributed by atoms with Crippen LogP contribution in [0.4, 0.5) is 0 Å². The summed E-state index contributed by atoms with van der Waals surface area (Å²) < 4.78 is 0. The third-order valence-corrected chi connectivity index (χ3v) is 15.9. The van der Waals surface area contributed by atoms with Crippen molar-refractivity contribution in [3.63, 3.8) is 0 Å². The molecule has 0 radical (unpaired) electrons. The fraction of sp³-hybridized carbons (Fsp3) is 0.667. The quantitative estimate of drug-likeness (QED) is 0.269. The molecule has 10 rings (SSSR count). The van der Waals surface area contributed by atoms with Gasteiger partial charge in [0.05, 0.1) is 0 Å². The van der Waals surface area contributed by atoms with Crippen LogP contribution in [0.2, 0.25) is 0 Å². The number of likely N-dealkylation sites (tertiary alicyclic amines) is 2. The van der Waals surface area contributed by atoms with Gasteiger partial charge in [0.1, 0.15) is 0 Å². The number of hydrogen-bond acceptors (Lipinski definition) is 2. The Bertz CT molecular complexity index is 1510. The summed E-state index contributed by atoms with van der Waals surface area (Å²) in [5, 5.41) is 0. The minimum absolute atomic E-state index is 0.636. The van der Waals surface area contributed by atoms with Gasteiger partial charge in [-0.3, -0.25) is 0 Å². The number of rotatable bonds is 5. The number of fused-ring (bicyclic) bond motifs is 6. The third kappa shape index (κ3) is 5.73. The molecule has 0 spiro atoms. The summed E-state index contributed by atoms with van der Waals surface area (Å²) >= 11 is 0.